The van der Waals surface area contributed by atoms with Gasteiger partial charge in [-0.05, 0) is 25.0 Å². The van der Waals surface area contributed by atoms with Crippen molar-refractivity contribution >= 4 is 16.7 Å². The maximum atomic E-state index is 12.9. The number of aromatic nitrogens is 2. The summed E-state index contributed by atoms with van der Waals surface area (Å²) in [6.45, 7) is 3.13. The number of aromatic amines is 1. The largest absolute Gasteiger partial charge is 0.337 e. The van der Waals surface area contributed by atoms with Crippen LogP contribution in [0, 0.1) is 0 Å². The predicted octanol–water partition coefficient (Wildman–Crippen LogP) is 2.63. The van der Waals surface area contributed by atoms with Crippen molar-refractivity contribution in [2.45, 2.75) is 13.3 Å². The smallest absolute Gasteiger partial charge is 0.274 e. The molecule has 1 aromatic heterocycles. The van der Waals surface area contributed by atoms with Gasteiger partial charge in [-0.2, -0.15) is 5.10 Å². The van der Waals surface area contributed by atoms with Gasteiger partial charge in [-0.25, -0.2) is 5.10 Å². The van der Waals surface area contributed by atoms with E-state index in [1.165, 1.54) is 5.56 Å². The van der Waals surface area contributed by atoms with E-state index in [1.807, 2.05) is 37.3 Å². The van der Waals surface area contributed by atoms with Crippen molar-refractivity contribution in [3.8, 4) is 0 Å². The molecule has 2 aromatic carbocycles. The molecule has 5 heteroatoms. The molecule has 0 saturated carbocycles. The molecule has 1 N–H and O–H groups in total. The molecular formula is C19H19N3O2. The van der Waals surface area contributed by atoms with Gasteiger partial charge in [0.05, 0.1) is 5.39 Å². The van der Waals surface area contributed by atoms with Gasteiger partial charge < -0.3 is 4.90 Å². The Kier molecular flexibility index (Phi) is 4.70. The lowest BCUT2D eigenvalue weighted by atomic mass is 10.1. The van der Waals surface area contributed by atoms with E-state index in [9.17, 15) is 9.59 Å². The molecule has 1 amide bonds. The fourth-order valence-electron chi connectivity index (χ4n) is 2.74. The monoisotopic (exact) mass is 321 g/mol. The van der Waals surface area contributed by atoms with Crippen molar-refractivity contribution in [3.05, 3.63) is 76.2 Å². The van der Waals surface area contributed by atoms with Gasteiger partial charge in [0.25, 0.3) is 11.5 Å². The summed E-state index contributed by atoms with van der Waals surface area (Å²) in [4.78, 5) is 26.5. The summed E-state index contributed by atoms with van der Waals surface area (Å²) >= 11 is 0. The fraction of sp³-hybridized carbons (Fsp3) is 0.211. The van der Waals surface area contributed by atoms with Crippen LogP contribution in [-0.2, 0) is 6.42 Å². The van der Waals surface area contributed by atoms with Crippen LogP contribution in [0.4, 0.5) is 0 Å². The van der Waals surface area contributed by atoms with Gasteiger partial charge in [0.2, 0.25) is 0 Å². The second-order valence-electron chi connectivity index (χ2n) is 5.57. The Morgan fingerprint density at radius 2 is 1.71 bits per heavy atom. The number of carbonyl (C=O) groups is 1. The van der Waals surface area contributed by atoms with Crippen molar-refractivity contribution in [3.63, 3.8) is 0 Å². The highest BCUT2D eigenvalue weighted by molar-refractivity contribution is 6.04. The standard InChI is InChI=1S/C19H19N3O2/c1-2-22(13-12-14-8-4-3-5-9-14)19(24)17-15-10-6-7-11-16(15)18(23)21-20-17/h3-11H,2,12-13H2,1H3,(H,21,23). The Balaban J connectivity index is 1.87. The predicted molar refractivity (Wildman–Crippen MR) is 94.1 cm³/mol. The molecular weight excluding hydrogens is 302 g/mol. The van der Waals surface area contributed by atoms with Crippen LogP contribution in [0.25, 0.3) is 10.8 Å². The second-order valence-corrected chi connectivity index (χ2v) is 5.57. The molecule has 0 bridgehead atoms. The van der Waals surface area contributed by atoms with Crippen molar-refractivity contribution < 1.29 is 4.79 Å². The first-order valence-corrected chi connectivity index (χ1v) is 8.01. The van der Waals surface area contributed by atoms with Gasteiger partial charge in [-0.3, -0.25) is 9.59 Å². The average molecular weight is 321 g/mol. The number of benzene rings is 2. The van der Waals surface area contributed by atoms with Crippen LogP contribution in [0.2, 0.25) is 0 Å². The summed E-state index contributed by atoms with van der Waals surface area (Å²) in [5.41, 5.74) is 1.19. The van der Waals surface area contributed by atoms with Crippen LogP contribution in [0.5, 0.6) is 0 Å². The molecule has 0 atom stereocenters. The zero-order valence-corrected chi connectivity index (χ0v) is 13.5. The molecule has 5 nitrogen and oxygen atoms in total. The van der Waals surface area contributed by atoms with Gasteiger partial charge in [-0.15, -0.1) is 0 Å². The summed E-state index contributed by atoms with van der Waals surface area (Å²) in [7, 11) is 0. The molecule has 122 valence electrons. The number of fused-ring (bicyclic) bond motifs is 1. The molecule has 0 fully saturated rings. The van der Waals surface area contributed by atoms with Crippen LogP contribution in [0.3, 0.4) is 0 Å². The third kappa shape index (κ3) is 3.20. The van der Waals surface area contributed by atoms with E-state index in [-0.39, 0.29) is 11.5 Å². The number of hydrogen-bond donors (Lipinski definition) is 1. The van der Waals surface area contributed by atoms with Gasteiger partial charge in [-0.1, -0.05) is 48.5 Å². The Labute approximate surface area is 139 Å². The first kappa shape index (κ1) is 15.9. The van der Waals surface area contributed by atoms with Crippen molar-refractivity contribution in [2.75, 3.05) is 13.1 Å². The van der Waals surface area contributed by atoms with Crippen LogP contribution >= 0.6 is 0 Å². The summed E-state index contributed by atoms with van der Waals surface area (Å²) in [5.74, 6) is -0.166. The summed E-state index contributed by atoms with van der Waals surface area (Å²) in [6, 6.07) is 17.1. The SMILES string of the molecule is CCN(CCc1ccccc1)C(=O)c1n[nH]c(=O)c2ccccc12. The van der Waals surface area contributed by atoms with Crippen LogP contribution in [0.15, 0.2) is 59.4 Å². The minimum absolute atomic E-state index is 0.166. The number of amides is 1. The molecule has 1 heterocycles. The molecule has 24 heavy (non-hydrogen) atoms. The van der Waals surface area contributed by atoms with E-state index in [0.29, 0.717) is 29.6 Å². The Hall–Kier alpha value is -2.95. The number of carbonyl (C=O) groups excluding carboxylic acids is 1. The number of nitrogens with one attached hydrogen (secondary N) is 1. The average Bonchev–Trinajstić information content (AvgIpc) is 2.63. The van der Waals surface area contributed by atoms with Crippen LogP contribution < -0.4 is 5.56 Å². The second kappa shape index (κ2) is 7.08. The topological polar surface area (TPSA) is 66.1 Å². The summed E-state index contributed by atoms with van der Waals surface area (Å²) in [5, 5.41) is 7.49. The van der Waals surface area contributed by atoms with Gasteiger partial charge in [0, 0.05) is 18.5 Å². The fourth-order valence-corrected chi connectivity index (χ4v) is 2.74. The summed E-state index contributed by atoms with van der Waals surface area (Å²) < 4.78 is 0. The third-order valence-electron chi connectivity index (χ3n) is 4.08. The molecule has 0 saturated heterocycles. The number of rotatable bonds is 5. The van der Waals surface area contributed by atoms with Gasteiger partial charge in [0.15, 0.2) is 5.69 Å². The lowest BCUT2D eigenvalue weighted by Gasteiger charge is -2.21. The zero-order valence-electron chi connectivity index (χ0n) is 13.5. The molecule has 0 aliphatic carbocycles. The number of H-pyrrole nitrogens is 1. The van der Waals surface area contributed by atoms with E-state index < -0.39 is 0 Å². The number of likely N-dealkylation sites (N-methyl/N-ethyl adjacent to an activating group) is 1. The molecule has 0 aliphatic heterocycles. The maximum absolute atomic E-state index is 12.9. The number of hydrogen-bond acceptors (Lipinski definition) is 3. The van der Waals surface area contributed by atoms with Gasteiger partial charge >= 0.3 is 0 Å². The van der Waals surface area contributed by atoms with Crippen LogP contribution in [-0.4, -0.2) is 34.1 Å². The minimum atomic E-state index is -0.283. The van der Waals surface area contributed by atoms with Crippen molar-refractivity contribution in [1.82, 2.24) is 15.1 Å². The van der Waals surface area contributed by atoms with E-state index in [0.717, 1.165) is 6.42 Å². The normalized spacial score (nSPS) is 10.7. The Morgan fingerprint density at radius 3 is 2.42 bits per heavy atom. The maximum Gasteiger partial charge on any atom is 0.274 e. The number of nitrogens with zero attached hydrogens (tertiary/aromatic N) is 2. The molecule has 3 rings (SSSR count). The summed E-state index contributed by atoms with van der Waals surface area (Å²) in [6.07, 6.45) is 0.779. The molecule has 0 spiro atoms. The van der Waals surface area contributed by atoms with Gasteiger partial charge in [0.1, 0.15) is 0 Å². The lowest BCUT2D eigenvalue weighted by Crippen LogP contribution is -2.34. The zero-order chi connectivity index (χ0) is 16.9. The quantitative estimate of drug-likeness (QED) is 0.785. The Morgan fingerprint density at radius 1 is 1.04 bits per heavy atom. The molecule has 3 aromatic rings. The van der Waals surface area contributed by atoms with E-state index in [2.05, 4.69) is 10.2 Å². The first-order valence-electron chi connectivity index (χ1n) is 8.01. The Bertz CT molecular complexity index is 903. The lowest BCUT2D eigenvalue weighted by molar-refractivity contribution is 0.0761. The molecule has 0 radical (unpaired) electrons. The van der Waals surface area contributed by atoms with E-state index >= 15 is 0 Å². The highest BCUT2D eigenvalue weighted by atomic mass is 16.2. The minimum Gasteiger partial charge on any atom is -0.337 e. The first-order chi connectivity index (χ1) is 11.7. The third-order valence-corrected chi connectivity index (χ3v) is 4.08. The molecule has 0 aliphatic rings. The molecule has 0 unspecified atom stereocenters. The van der Waals surface area contributed by atoms with E-state index in [1.54, 1.807) is 29.2 Å². The van der Waals surface area contributed by atoms with Crippen molar-refractivity contribution in [1.29, 1.82) is 0 Å². The highest BCUT2D eigenvalue weighted by Gasteiger charge is 2.19. The van der Waals surface area contributed by atoms with E-state index in [4.69, 9.17) is 0 Å². The van der Waals surface area contributed by atoms with Crippen LogP contribution in [0.1, 0.15) is 23.0 Å². The highest BCUT2D eigenvalue weighted by Crippen LogP contribution is 2.15. The van der Waals surface area contributed by atoms with Crippen molar-refractivity contribution in [2.24, 2.45) is 0 Å².